The molecule has 0 fully saturated rings. The summed E-state index contributed by atoms with van der Waals surface area (Å²) in [4.78, 5) is 34.5. The summed E-state index contributed by atoms with van der Waals surface area (Å²) in [6, 6.07) is 1.12. The maximum absolute atomic E-state index is 11.9. The lowest BCUT2D eigenvalue weighted by atomic mass is 10.2. The third-order valence-corrected chi connectivity index (χ3v) is 3.24. The Balaban J connectivity index is 3.04. The van der Waals surface area contributed by atoms with Gasteiger partial charge >= 0.3 is 17.7 Å². The average Bonchev–Trinajstić information content (AvgIpc) is 2.61. The van der Waals surface area contributed by atoms with Crippen molar-refractivity contribution in [2.45, 2.75) is 32.4 Å². The van der Waals surface area contributed by atoms with Gasteiger partial charge in [-0.25, -0.2) is 9.59 Å². The van der Waals surface area contributed by atoms with Crippen LogP contribution in [0.25, 0.3) is 0 Å². The minimum absolute atomic E-state index is 0.137. The molecule has 1 N–H and O–H groups in total. The van der Waals surface area contributed by atoms with Gasteiger partial charge in [-0.15, -0.1) is 0 Å². The third kappa shape index (κ3) is 6.49. The summed E-state index contributed by atoms with van der Waals surface area (Å²) in [5.74, 6) is -0.660. The molecule has 0 bridgehead atoms. The zero-order valence-electron chi connectivity index (χ0n) is 16.6. The number of hydrogen-bond donors (Lipinski definition) is 1. The fourth-order valence-electron chi connectivity index (χ4n) is 2.04. The summed E-state index contributed by atoms with van der Waals surface area (Å²) < 4.78 is 25.2. The van der Waals surface area contributed by atoms with Gasteiger partial charge in [0.05, 0.1) is 32.3 Å². The summed E-state index contributed by atoms with van der Waals surface area (Å²) >= 11 is 0. The smallest absolute Gasteiger partial charge is 0.408 e. The molecule has 1 amide bonds. The number of alkyl carbamates (subject to hydrolysis) is 1. The largest absolute Gasteiger partial charge is 0.493 e. The van der Waals surface area contributed by atoms with Crippen LogP contribution in [-0.4, -0.2) is 56.6 Å². The number of esters is 1. The van der Waals surface area contributed by atoms with Gasteiger partial charge in [0, 0.05) is 6.07 Å². The van der Waals surface area contributed by atoms with E-state index in [2.05, 4.69) is 10.1 Å². The first kappa shape index (κ1) is 22.8. The molecule has 1 rings (SSSR count). The van der Waals surface area contributed by atoms with E-state index in [1.165, 1.54) is 20.3 Å². The van der Waals surface area contributed by atoms with E-state index in [-0.39, 0.29) is 17.2 Å². The van der Waals surface area contributed by atoms with Crippen molar-refractivity contribution >= 4 is 17.7 Å². The zero-order valence-corrected chi connectivity index (χ0v) is 16.6. The number of ether oxygens (including phenoxy) is 5. The molecule has 11 nitrogen and oxygen atoms in total. The van der Waals surface area contributed by atoms with Gasteiger partial charge < -0.3 is 29.0 Å². The number of benzene rings is 1. The number of carbonyl (C=O) groups excluding carboxylic acids is 2. The molecule has 0 aromatic heterocycles. The van der Waals surface area contributed by atoms with Crippen molar-refractivity contribution in [1.82, 2.24) is 5.32 Å². The first-order valence-corrected chi connectivity index (χ1v) is 8.13. The van der Waals surface area contributed by atoms with Crippen LogP contribution in [0.2, 0.25) is 0 Å². The molecule has 1 aromatic rings. The second-order valence-corrected chi connectivity index (χ2v) is 6.47. The molecule has 0 unspecified atom stereocenters. The minimum Gasteiger partial charge on any atom is -0.493 e. The summed E-state index contributed by atoms with van der Waals surface area (Å²) in [7, 11) is 3.82. The topological polar surface area (TPSA) is 135 Å². The standard InChI is InChI=1S/C17H24N2O9/c1-17(2,3)28-16(21)18-10(15(20)26-6)9-27-12-8-14(25-5)13(24-4)7-11(12)19(22)23/h7-8,10H,9H2,1-6H3,(H,18,21)/t10-/m0/s1. The SMILES string of the molecule is COC(=O)[C@H](COc1cc(OC)c(OC)cc1[N+](=O)[O-])NC(=O)OC(C)(C)C. The molecule has 1 aromatic carbocycles. The Kier molecular flexibility index (Phi) is 7.84. The molecule has 0 saturated heterocycles. The van der Waals surface area contributed by atoms with Crippen LogP contribution in [0.15, 0.2) is 12.1 Å². The van der Waals surface area contributed by atoms with E-state index in [0.717, 1.165) is 13.2 Å². The van der Waals surface area contributed by atoms with E-state index in [9.17, 15) is 19.7 Å². The second-order valence-electron chi connectivity index (χ2n) is 6.47. The molecule has 28 heavy (non-hydrogen) atoms. The normalized spacial score (nSPS) is 11.8. The first-order chi connectivity index (χ1) is 13.0. The maximum Gasteiger partial charge on any atom is 0.408 e. The first-order valence-electron chi connectivity index (χ1n) is 8.13. The zero-order chi connectivity index (χ0) is 21.5. The van der Waals surface area contributed by atoms with Crippen LogP contribution in [0.1, 0.15) is 20.8 Å². The molecule has 0 spiro atoms. The van der Waals surface area contributed by atoms with Gasteiger partial charge in [-0.3, -0.25) is 10.1 Å². The number of carbonyl (C=O) groups is 2. The fraction of sp³-hybridized carbons (Fsp3) is 0.529. The Bertz CT molecular complexity index is 728. The van der Waals surface area contributed by atoms with Gasteiger partial charge in [0.15, 0.2) is 17.5 Å². The Morgan fingerprint density at radius 3 is 2.14 bits per heavy atom. The summed E-state index contributed by atoms with van der Waals surface area (Å²) in [5.41, 5.74) is -1.19. The highest BCUT2D eigenvalue weighted by Gasteiger charge is 2.28. The lowest BCUT2D eigenvalue weighted by molar-refractivity contribution is -0.386. The lowest BCUT2D eigenvalue weighted by Crippen LogP contribution is -2.47. The molecule has 0 saturated carbocycles. The number of amides is 1. The molecular formula is C17H24N2O9. The fourth-order valence-corrected chi connectivity index (χ4v) is 2.04. The number of nitro benzene ring substituents is 1. The van der Waals surface area contributed by atoms with Crippen LogP contribution in [0.5, 0.6) is 17.2 Å². The predicted molar refractivity (Wildman–Crippen MR) is 96.9 cm³/mol. The molecule has 0 heterocycles. The van der Waals surface area contributed by atoms with E-state index in [1.807, 2.05) is 0 Å². The van der Waals surface area contributed by atoms with Gasteiger partial charge in [-0.1, -0.05) is 0 Å². The monoisotopic (exact) mass is 400 g/mol. The van der Waals surface area contributed by atoms with E-state index in [1.54, 1.807) is 20.8 Å². The number of nitrogens with zero attached hydrogens (tertiary/aromatic N) is 1. The molecule has 0 radical (unpaired) electrons. The van der Waals surface area contributed by atoms with E-state index in [4.69, 9.17) is 18.9 Å². The lowest BCUT2D eigenvalue weighted by Gasteiger charge is -2.22. The highest BCUT2D eigenvalue weighted by molar-refractivity contribution is 5.81. The third-order valence-electron chi connectivity index (χ3n) is 3.24. The molecule has 0 aliphatic rings. The Morgan fingerprint density at radius 2 is 1.68 bits per heavy atom. The van der Waals surface area contributed by atoms with E-state index < -0.39 is 40.9 Å². The van der Waals surface area contributed by atoms with Crippen molar-refractivity contribution in [2.24, 2.45) is 0 Å². The van der Waals surface area contributed by atoms with Crippen molar-refractivity contribution in [2.75, 3.05) is 27.9 Å². The molecule has 0 aliphatic carbocycles. The number of hydrogen-bond acceptors (Lipinski definition) is 9. The van der Waals surface area contributed by atoms with Gasteiger partial charge in [-0.05, 0) is 20.8 Å². The minimum atomic E-state index is -1.26. The number of nitrogens with one attached hydrogen (secondary N) is 1. The van der Waals surface area contributed by atoms with Crippen LogP contribution < -0.4 is 19.5 Å². The number of methoxy groups -OCH3 is 3. The Labute approximate surface area is 162 Å². The molecular weight excluding hydrogens is 376 g/mol. The van der Waals surface area contributed by atoms with Crippen molar-refractivity contribution in [3.8, 4) is 17.2 Å². The molecule has 0 aliphatic heterocycles. The van der Waals surface area contributed by atoms with Gasteiger partial charge in [0.1, 0.15) is 12.2 Å². The second kappa shape index (κ2) is 9.62. The summed E-state index contributed by atoms with van der Waals surface area (Å²) in [6.45, 7) is 4.53. The van der Waals surface area contributed by atoms with Gasteiger partial charge in [-0.2, -0.15) is 0 Å². The van der Waals surface area contributed by atoms with E-state index in [0.29, 0.717) is 0 Å². The van der Waals surface area contributed by atoms with Crippen LogP contribution >= 0.6 is 0 Å². The highest BCUT2D eigenvalue weighted by atomic mass is 16.6. The summed E-state index contributed by atoms with van der Waals surface area (Å²) in [5, 5.41) is 13.6. The van der Waals surface area contributed by atoms with Crippen LogP contribution in [0.3, 0.4) is 0 Å². The quantitative estimate of drug-likeness (QED) is 0.395. The van der Waals surface area contributed by atoms with Crippen LogP contribution in [0.4, 0.5) is 10.5 Å². The number of rotatable bonds is 8. The Morgan fingerprint density at radius 1 is 1.11 bits per heavy atom. The van der Waals surface area contributed by atoms with Crippen molar-refractivity contribution in [3.05, 3.63) is 22.2 Å². The van der Waals surface area contributed by atoms with Gasteiger partial charge in [0.2, 0.25) is 5.75 Å². The van der Waals surface area contributed by atoms with Crippen molar-refractivity contribution in [3.63, 3.8) is 0 Å². The van der Waals surface area contributed by atoms with Crippen molar-refractivity contribution in [1.29, 1.82) is 0 Å². The van der Waals surface area contributed by atoms with E-state index >= 15 is 0 Å². The van der Waals surface area contributed by atoms with Gasteiger partial charge in [0.25, 0.3) is 0 Å². The van der Waals surface area contributed by atoms with Crippen molar-refractivity contribution < 1.29 is 38.2 Å². The maximum atomic E-state index is 11.9. The highest BCUT2D eigenvalue weighted by Crippen LogP contribution is 2.39. The molecule has 1 atom stereocenters. The Hall–Kier alpha value is -3.24. The van der Waals surface area contributed by atoms with Crippen LogP contribution in [-0.2, 0) is 14.3 Å². The molecule has 156 valence electrons. The van der Waals surface area contributed by atoms with Crippen LogP contribution in [0, 0.1) is 10.1 Å². The average molecular weight is 400 g/mol. The number of nitro groups is 1. The summed E-state index contributed by atoms with van der Waals surface area (Å²) in [6.07, 6.45) is -0.867. The molecule has 11 heteroatoms. The predicted octanol–water partition coefficient (Wildman–Crippen LogP) is 2.06.